The Hall–Kier alpha value is -2.48. The van der Waals surface area contributed by atoms with Gasteiger partial charge in [0.25, 0.3) is 5.91 Å². The molecular weight excluding hydrogens is 330 g/mol. The zero-order valence-corrected chi connectivity index (χ0v) is 14.6. The van der Waals surface area contributed by atoms with Crippen molar-refractivity contribution >= 4 is 34.9 Å². The van der Waals surface area contributed by atoms with E-state index in [9.17, 15) is 14.4 Å². The number of amides is 3. The van der Waals surface area contributed by atoms with Gasteiger partial charge in [-0.05, 0) is 18.6 Å². The SMILES string of the molecule is CCC(=O)NC(=O)c1c(-c2ccc(CC)s2)noc1NC(=O)CC. The quantitative estimate of drug-likeness (QED) is 0.835. The Morgan fingerprint density at radius 3 is 2.42 bits per heavy atom. The molecule has 2 heterocycles. The highest BCUT2D eigenvalue weighted by Crippen LogP contribution is 2.34. The number of thiophene rings is 1. The second-order valence-corrected chi connectivity index (χ2v) is 6.16. The molecular formula is C16H19N3O4S. The number of aryl methyl sites for hydroxylation is 1. The number of hydrogen-bond acceptors (Lipinski definition) is 6. The summed E-state index contributed by atoms with van der Waals surface area (Å²) < 4.78 is 5.15. The third kappa shape index (κ3) is 3.88. The first kappa shape index (κ1) is 17.9. The molecule has 24 heavy (non-hydrogen) atoms. The summed E-state index contributed by atoms with van der Waals surface area (Å²) in [6.07, 6.45) is 1.25. The molecule has 0 fully saturated rings. The van der Waals surface area contributed by atoms with Crippen molar-refractivity contribution in [3.05, 3.63) is 22.6 Å². The molecule has 2 rings (SSSR count). The number of carbonyl (C=O) groups is 3. The van der Waals surface area contributed by atoms with Gasteiger partial charge in [-0.1, -0.05) is 25.9 Å². The predicted octanol–water partition coefficient (Wildman–Crippen LogP) is 2.98. The van der Waals surface area contributed by atoms with Crippen molar-refractivity contribution in [1.82, 2.24) is 10.5 Å². The lowest BCUT2D eigenvalue weighted by Gasteiger charge is -2.04. The highest BCUT2D eigenvalue weighted by Gasteiger charge is 2.27. The highest BCUT2D eigenvalue weighted by molar-refractivity contribution is 7.15. The topological polar surface area (TPSA) is 101 Å². The molecule has 2 aromatic rings. The zero-order valence-electron chi connectivity index (χ0n) is 13.8. The van der Waals surface area contributed by atoms with Gasteiger partial charge in [-0.2, -0.15) is 0 Å². The summed E-state index contributed by atoms with van der Waals surface area (Å²) in [7, 11) is 0. The summed E-state index contributed by atoms with van der Waals surface area (Å²) in [6, 6.07) is 3.78. The van der Waals surface area contributed by atoms with Gasteiger partial charge in [-0.3, -0.25) is 25.0 Å². The lowest BCUT2D eigenvalue weighted by atomic mass is 10.2. The Kier molecular flexibility index (Phi) is 5.86. The Morgan fingerprint density at radius 1 is 1.12 bits per heavy atom. The predicted molar refractivity (Wildman–Crippen MR) is 90.9 cm³/mol. The third-order valence-corrected chi connectivity index (χ3v) is 4.55. The molecule has 8 heteroatoms. The Morgan fingerprint density at radius 2 is 1.83 bits per heavy atom. The molecule has 3 amide bonds. The maximum atomic E-state index is 12.5. The van der Waals surface area contributed by atoms with E-state index >= 15 is 0 Å². The van der Waals surface area contributed by atoms with Crippen molar-refractivity contribution in [1.29, 1.82) is 0 Å². The molecule has 0 aromatic carbocycles. The van der Waals surface area contributed by atoms with E-state index in [1.165, 1.54) is 11.3 Å². The van der Waals surface area contributed by atoms with Gasteiger partial charge in [0.05, 0.1) is 4.88 Å². The van der Waals surface area contributed by atoms with Crippen LogP contribution in [0.3, 0.4) is 0 Å². The summed E-state index contributed by atoms with van der Waals surface area (Å²) in [5.74, 6) is -1.42. The van der Waals surface area contributed by atoms with Crippen LogP contribution in [0.2, 0.25) is 0 Å². The lowest BCUT2D eigenvalue weighted by molar-refractivity contribution is -0.119. The van der Waals surface area contributed by atoms with E-state index in [2.05, 4.69) is 15.8 Å². The van der Waals surface area contributed by atoms with Gasteiger partial charge in [0.15, 0.2) is 0 Å². The first-order chi connectivity index (χ1) is 11.5. The van der Waals surface area contributed by atoms with Crippen LogP contribution >= 0.6 is 11.3 Å². The van der Waals surface area contributed by atoms with Crippen molar-refractivity contribution in [3.63, 3.8) is 0 Å². The Bertz CT molecular complexity index is 763. The molecule has 2 N–H and O–H groups in total. The van der Waals surface area contributed by atoms with E-state index in [1.54, 1.807) is 13.8 Å². The lowest BCUT2D eigenvalue weighted by Crippen LogP contribution is -2.30. The second kappa shape index (κ2) is 7.87. The fourth-order valence-corrected chi connectivity index (χ4v) is 2.88. The average Bonchev–Trinajstić information content (AvgIpc) is 3.20. The molecule has 0 unspecified atom stereocenters. The Labute approximate surface area is 143 Å². The number of anilines is 1. The number of carbonyl (C=O) groups excluding carboxylic acids is 3. The van der Waals surface area contributed by atoms with Crippen LogP contribution in [0.4, 0.5) is 5.88 Å². The molecule has 0 saturated heterocycles. The molecule has 0 aliphatic rings. The Balaban J connectivity index is 2.44. The minimum Gasteiger partial charge on any atom is -0.337 e. The number of nitrogens with zero attached hydrogens (tertiary/aromatic N) is 1. The van der Waals surface area contributed by atoms with Crippen LogP contribution < -0.4 is 10.6 Å². The summed E-state index contributed by atoms with van der Waals surface area (Å²) in [4.78, 5) is 37.5. The molecule has 0 bridgehead atoms. The fourth-order valence-electron chi connectivity index (χ4n) is 1.94. The largest absolute Gasteiger partial charge is 0.337 e. The van der Waals surface area contributed by atoms with Gasteiger partial charge in [0, 0.05) is 17.7 Å². The van der Waals surface area contributed by atoms with Gasteiger partial charge in [0.1, 0.15) is 11.3 Å². The minimum atomic E-state index is -0.643. The molecule has 128 valence electrons. The van der Waals surface area contributed by atoms with Crippen molar-refractivity contribution in [2.24, 2.45) is 0 Å². The standard InChI is InChI=1S/C16H19N3O4S/c1-4-9-7-8-10(24-9)14-13(15(22)17-11(20)5-2)16(23-19-14)18-12(21)6-3/h7-8H,4-6H2,1-3H3,(H,18,21)(H,17,20,22). The van der Waals surface area contributed by atoms with Crippen molar-refractivity contribution < 1.29 is 18.9 Å². The van der Waals surface area contributed by atoms with Crippen LogP contribution in [0.25, 0.3) is 10.6 Å². The van der Waals surface area contributed by atoms with Crippen LogP contribution in [0.1, 0.15) is 48.8 Å². The van der Waals surface area contributed by atoms with Gasteiger partial charge < -0.3 is 4.52 Å². The number of imide groups is 1. The van der Waals surface area contributed by atoms with E-state index in [0.717, 1.165) is 16.2 Å². The number of nitrogens with one attached hydrogen (secondary N) is 2. The second-order valence-electron chi connectivity index (χ2n) is 4.99. The molecule has 0 spiro atoms. The van der Waals surface area contributed by atoms with Crippen molar-refractivity contribution in [3.8, 4) is 10.6 Å². The van der Waals surface area contributed by atoms with Gasteiger partial charge in [-0.25, -0.2) is 0 Å². The maximum Gasteiger partial charge on any atom is 0.265 e. The monoisotopic (exact) mass is 349 g/mol. The molecule has 0 aliphatic carbocycles. The maximum absolute atomic E-state index is 12.5. The molecule has 2 aromatic heterocycles. The molecule has 0 aliphatic heterocycles. The number of aromatic nitrogens is 1. The summed E-state index contributed by atoms with van der Waals surface area (Å²) in [5, 5.41) is 8.70. The molecule has 0 atom stereocenters. The van der Waals surface area contributed by atoms with Crippen LogP contribution in [0.15, 0.2) is 16.7 Å². The van der Waals surface area contributed by atoms with Crippen molar-refractivity contribution in [2.75, 3.05) is 5.32 Å². The third-order valence-electron chi connectivity index (χ3n) is 3.31. The summed E-state index contributed by atoms with van der Waals surface area (Å²) >= 11 is 1.48. The molecule has 0 radical (unpaired) electrons. The first-order valence-electron chi connectivity index (χ1n) is 7.72. The highest BCUT2D eigenvalue weighted by atomic mass is 32.1. The van der Waals surface area contributed by atoms with E-state index in [0.29, 0.717) is 5.69 Å². The summed E-state index contributed by atoms with van der Waals surface area (Å²) in [5.41, 5.74) is 0.371. The first-order valence-corrected chi connectivity index (χ1v) is 8.54. The summed E-state index contributed by atoms with van der Waals surface area (Å²) in [6.45, 7) is 5.35. The minimum absolute atomic E-state index is 0.0512. The molecule has 7 nitrogen and oxygen atoms in total. The van der Waals surface area contributed by atoms with Gasteiger partial charge >= 0.3 is 0 Å². The van der Waals surface area contributed by atoms with Crippen LogP contribution in [0, 0.1) is 0 Å². The van der Waals surface area contributed by atoms with E-state index in [-0.39, 0.29) is 30.2 Å². The fraction of sp³-hybridized carbons (Fsp3) is 0.375. The normalized spacial score (nSPS) is 10.5. The smallest absolute Gasteiger partial charge is 0.265 e. The number of rotatable bonds is 6. The van der Waals surface area contributed by atoms with Crippen LogP contribution in [-0.2, 0) is 16.0 Å². The zero-order chi connectivity index (χ0) is 17.7. The average molecular weight is 349 g/mol. The van der Waals surface area contributed by atoms with Gasteiger partial charge in [0.2, 0.25) is 17.7 Å². The molecule has 0 saturated carbocycles. The van der Waals surface area contributed by atoms with Crippen LogP contribution in [-0.4, -0.2) is 22.9 Å². The van der Waals surface area contributed by atoms with E-state index in [4.69, 9.17) is 4.52 Å². The van der Waals surface area contributed by atoms with E-state index < -0.39 is 11.8 Å². The van der Waals surface area contributed by atoms with E-state index in [1.807, 2.05) is 19.1 Å². The number of hydrogen-bond donors (Lipinski definition) is 2. The van der Waals surface area contributed by atoms with Crippen molar-refractivity contribution in [2.45, 2.75) is 40.0 Å². The van der Waals surface area contributed by atoms with Gasteiger partial charge in [-0.15, -0.1) is 11.3 Å². The van der Waals surface area contributed by atoms with Crippen LogP contribution in [0.5, 0.6) is 0 Å².